The van der Waals surface area contributed by atoms with Crippen LogP contribution in [0.2, 0.25) is 0 Å². The van der Waals surface area contributed by atoms with E-state index in [0.29, 0.717) is 19.3 Å². The third kappa shape index (κ3) is 5.33. The molecule has 39 heavy (non-hydrogen) atoms. The second kappa shape index (κ2) is 11.2. The van der Waals surface area contributed by atoms with E-state index in [4.69, 9.17) is 14.2 Å². The van der Waals surface area contributed by atoms with E-state index in [2.05, 4.69) is 62.6 Å². The normalized spacial score (nSPS) is 23.3. The highest BCUT2D eigenvalue weighted by Gasteiger charge is 2.34. The molecular formula is C29H32N4O4S2. The summed E-state index contributed by atoms with van der Waals surface area (Å²) in [5.74, 6) is 0. The van der Waals surface area contributed by atoms with Gasteiger partial charge in [-0.3, -0.25) is 9.69 Å². The Kier molecular flexibility index (Phi) is 7.31. The maximum atomic E-state index is 12.6. The molecule has 0 aliphatic carbocycles. The van der Waals surface area contributed by atoms with Crippen LogP contribution in [0.3, 0.4) is 0 Å². The van der Waals surface area contributed by atoms with Crippen LogP contribution in [0, 0.1) is 0 Å². The molecule has 5 heterocycles. The highest BCUT2D eigenvalue weighted by molar-refractivity contribution is 8.05. The Balaban J connectivity index is 1.12. The quantitative estimate of drug-likeness (QED) is 0.374. The number of rotatable bonds is 5. The van der Waals surface area contributed by atoms with Gasteiger partial charge in [0.15, 0.2) is 0 Å². The molecule has 7 rings (SSSR count). The van der Waals surface area contributed by atoms with Crippen molar-refractivity contribution in [2.24, 2.45) is 0 Å². The summed E-state index contributed by atoms with van der Waals surface area (Å²) < 4.78 is 16.9. The van der Waals surface area contributed by atoms with Gasteiger partial charge in [0.05, 0.1) is 57.4 Å². The van der Waals surface area contributed by atoms with Crippen LogP contribution >= 0.6 is 23.5 Å². The minimum atomic E-state index is -0.0811. The Morgan fingerprint density at radius 2 is 1.64 bits per heavy atom. The van der Waals surface area contributed by atoms with Crippen molar-refractivity contribution in [2.45, 2.75) is 31.7 Å². The third-order valence-corrected chi connectivity index (χ3v) is 10.4. The number of pyridine rings is 1. The smallest absolute Gasteiger partial charge is 0.250 e. The summed E-state index contributed by atoms with van der Waals surface area (Å²) in [5, 5.41) is 3.76. The molecule has 2 N–H and O–H groups in total. The highest BCUT2D eigenvalue weighted by Crippen LogP contribution is 2.52. The van der Waals surface area contributed by atoms with Gasteiger partial charge in [-0.2, -0.15) is 0 Å². The largest absolute Gasteiger partial charge is 0.379 e. The van der Waals surface area contributed by atoms with Crippen LogP contribution in [-0.2, 0) is 14.2 Å². The van der Waals surface area contributed by atoms with Gasteiger partial charge in [-0.1, -0.05) is 35.7 Å². The molecule has 1 unspecified atom stereocenters. The third-order valence-electron chi connectivity index (χ3n) is 7.77. The first-order valence-electron chi connectivity index (χ1n) is 13.6. The molecule has 10 heteroatoms. The molecular weight excluding hydrogens is 532 g/mol. The number of fused-ring (bicyclic) bond motifs is 2. The van der Waals surface area contributed by atoms with E-state index in [1.54, 1.807) is 29.6 Å². The van der Waals surface area contributed by atoms with Crippen molar-refractivity contribution in [1.82, 2.24) is 9.88 Å². The molecule has 3 saturated heterocycles. The Bertz CT molecular complexity index is 1400. The summed E-state index contributed by atoms with van der Waals surface area (Å²) >= 11 is 3.57. The number of anilines is 2. The van der Waals surface area contributed by atoms with E-state index in [0.717, 1.165) is 75.2 Å². The molecule has 0 saturated carbocycles. The summed E-state index contributed by atoms with van der Waals surface area (Å²) in [6.07, 6.45) is 0. The lowest BCUT2D eigenvalue weighted by atomic mass is 10.1. The summed E-state index contributed by atoms with van der Waals surface area (Å²) in [4.78, 5) is 25.3. The van der Waals surface area contributed by atoms with E-state index in [1.165, 1.54) is 19.6 Å². The van der Waals surface area contributed by atoms with E-state index in [9.17, 15) is 4.79 Å². The van der Waals surface area contributed by atoms with Crippen molar-refractivity contribution < 1.29 is 14.2 Å². The molecule has 0 spiro atoms. The summed E-state index contributed by atoms with van der Waals surface area (Å²) in [6.45, 7) is 7.95. The summed E-state index contributed by atoms with van der Waals surface area (Å²) in [7, 11) is 0. The Hall–Kier alpha value is -2.47. The maximum absolute atomic E-state index is 12.6. The number of hydrogen-bond donors (Lipinski definition) is 2. The van der Waals surface area contributed by atoms with Gasteiger partial charge in [-0.15, -0.1) is 0 Å². The predicted octanol–water partition coefficient (Wildman–Crippen LogP) is 4.01. The number of H-pyrrole nitrogens is 1. The molecule has 3 aromatic rings. The van der Waals surface area contributed by atoms with Crippen LogP contribution in [0.15, 0.2) is 72.9 Å². The molecule has 2 atom stereocenters. The van der Waals surface area contributed by atoms with Crippen LogP contribution in [0.25, 0.3) is 11.3 Å². The van der Waals surface area contributed by atoms with Crippen molar-refractivity contribution in [2.75, 3.05) is 76.0 Å². The zero-order valence-corrected chi connectivity index (χ0v) is 23.3. The number of benzene rings is 2. The van der Waals surface area contributed by atoms with E-state index in [-0.39, 0.29) is 11.6 Å². The van der Waals surface area contributed by atoms with Crippen molar-refractivity contribution >= 4 is 34.9 Å². The first-order chi connectivity index (χ1) is 19.2. The van der Waals surface area contributed by atoms with Crippen molar-refractivity contribution in [1.29, 1.82) is 0 Å². The molecule has 204 valence electrons. The molecule has 0 amide bonds. The summed E-state index contributed by atoms with van der Waals surface area (Å²) in [6, 6.07) is 17.4. The van der Waals surface area contributed by atoms with Crippen LogP contribution in [0.4, 0.5) is 11.4 Å². The molecule has 3 fully saturated rings. The molecule has 1 aromatic heterocycles. The second-order valence-electron chi connectivity index (χ2n) is 10.2. The standard InChI is InChI=1S/C29H32N4O4S2/c34-28-16-20(32-6-10-35-11-7-32)15-22(31-28)21-2-1-3-26-29(21)39-25-5-4-19(14-27(25)38-26)30-23-17-37-18-24(23)33-8-12-36-13-9-33/h1-5,14-16,23-24,30H,6-13,17-18H2,(H,31,34)/t23?,24-/m0/s1. The monoisotopic (exact) mass is 564 g/mol. The fraction of sp³-hybridized carbons (Fsp3) is 0.414. The van der Waals surface area contributed by atoms with Gasteiger partial charge in [0.2, 0.25) is 5.56 Å². The van der Waals surface area contributed by atoms with E-state index < -0.39 is 0 Å². The second-order valence-corrected chi connectivity index (χ2v) is 12.4. The Morgan fingerprint density at radius 1 is 0.821 bits per heavy atom. The average Bonchev–Trinajstić information content (AvgIpc) is 3.44. The van der Waals surface area contributed by atoms with Crippen LogP contribution in [0.1, 0.15) is 0 Å². The number of ether oxygens (including phenoxy) is 3. The molecule has 0 radical (unpaired) electrons. The lowest BCUT2D eigenvalue weighted by Crippen LogP contribution is -2.50. The van der Waals surface area contributed by atoms with E-state index >= 15 is 0 Å². The van der Waals surface area contributed by atoms with Gasteiger partial charge in [0, 0.05) is 68.8 Å². The SMILES string of the molecule is O=c1cc(N2CCOCC2)cc(-c2cccc3c2Sc2ccc(NC4COC[C@@H]4N4CCOCC4)cc2S3)[nH]1. The van der Waals surface area contributed by atoms with Crippen molar-refractivity contribution in [3.63, 3.8) is 0 Å². The topological polar surface area (TPSA) is 79.1 Å². The van der Waals surface area contributed by atoms with Gasteiger partial charge >= 0.3 is 0 Å². The highest BCUT2D eigenvalue weighted by atomic mass is 32.2. The van der Waals surface area contributed by atoms with Gasteiger partial charge in [0.1, 0.15) is 0 Å². The fourth-order valence-electron chi connectivity index (χ4n) is 5.75. The van der Waals surface area contributed by atoms with Gasteiger partial charge in [0.25, 0.3) is 0 Å². The van der Waals surface area contributed by atoms with Crippen molar-refractivity contribution in [3.8, 4) is 11.3 Å². The molecule has 0 bridgehead atoms. The fourth-order valence-corrected chi connectivity index (χ4v) is 8.16. The van der Waals surface area contributed by atoms with Gasteiger partial charge in [-0.25, -0.2) is 0 Å². The summed E-state index contributed by atoms with van der Waals surface area (Å²) in [5.41, 5.74) is 3.90. The number of aromatic amines is 1. The zero-order chi connectivity index (χ0) is 26.2. The molecule has 4 aliphatic heterocycles. The number of nitrogens with zero attached hydrogens (tertiary/aromatic N) is 2. The lowest BCUT2D eigenvalue weighted by molar-refractivity contribution is 0.0131. The average molecular weight is 565 g/mol. The molecule has 8 nitrogen and oxygen atoms in total. The van der Waals surface area contributed by atoms with Crippen molar-refractivity contribution in [3.05, 3.63) is 58.9 Å². The first kappa shape index (κ1) is 25.5. The molecule has 2 aromatic carbocycles. The first-order valence-corrected chi connectivity index (χ1v) is 15.2. The minimum Gasteiger partial charge on any atom is -0.379 e. The lowest BCUT2D eigenvalue weighted by Gasteiger charge is -2.35. The Morgan fingerprint density at radius 3 is 2.49 bits per heavy atom. The van der Waals surface area contributed by atoms with Crippen LogP contribution < -0.4 is 15.8 Å². The van der Waals surface area contributed by atoms with Crippen LogP contribution in [0.5, 0.6) is 0 Å². The predicted molar refractivity (Wildman–Crippen MR) is 155 cm³/mol. The maximum Gasteiger partial charge on any atom is 0.250 e. The number of morpholine rings is 2. The minimum absolute atomic E-state index is 0.0811. The van der Waals surface area contributed by atoms with Gasteiger partial charge < -0.3 is 29.4 Å². The zero-order valence-electron chi connectivity index (χ0n) is 21.7. The number of hydrogen-bond acceptors (Lipinski definition) is 9. The number of nitrogens with one attached hydrogen (secondary N) is 2. The molecule has 4 aliphatic rings. The van der Waals surface area contributed by atoms with Gasteiger partial charge in [-0.05, 0) is 30.3 Å². The number of aromatic nitrogens is 1. The van der Waals surface area contributed by atoms with E-state index in [1.807, 2.05) is 0 Å². The van der Waals surface area contributed by atoms with Crippen LogP contribution in [-0.4, -0.2) is 87.8 Å². The Labute approximate surface area is 236 Å².